The van der Waals surface area contributed by atoms with Crippen LogP contribution in [0.2, 0.25) is 10.3 Å². The molecule has 16 heavy (non-hydrogen) atoms. The second kappa shape index (κ2) is 4.04. The summed E-state index contributed by atoms with van der Waals surface area (Å²) in [6.07, 6.45) is 4.09. The molecule has 2 fully saturated rings. The Bertz CT molecular complexity index is 398. The molecule has 2 heterocycles. The van der Waals surface area contributed by atoms with E-state index in [9.17, 15) is 0 Å². The number of nitrogens with zero attached hydrogens (tertiary/aromatic N) is 3. The van der Waals surface area contributed by atoms with Gasteiger partial charge in [0.15, 0.2) is 10.3 Å². The van der Waals surface area contributed by atoms with E-state index in [1.54, 1.807) is 0 Å². The lowest BCUT2D eigenvalue weighted by Gasteiger charge is -2.19. The van der Waals surface area contributed by atoms with Gasteiger partial charge in [-0.15, -0.1) is 10.2 Å². The Morgan fingerprint density at radius 2 is 1.81 bits per heavy atom. The maximum absolute atomic E-state index is 6.06. The van der Waals surface area contributed by atoms with Crippen molar-refractivity contribution in [1.82, 2.24) is 10.2 Å². The zero-order valence-corrected chi connectivity index (χ0v) is 10.4. The van der Waals surface area contributed by atoms with Crippen molar-refractivity contribution in [1.29, 1.82) is 0 Å². The van der Waals surface area contributed by atoms with Crippen LogP contribution in [0.3, 0.4) is 0 Å². The van der Waals surface area contributed by atoms with Gasteiger partial charge in [0.25, 0.3) is 0 Å². The molecule has 1 saturated heterocycles. The molecule has 0 amide bonds. The van der Waals surface area contributed by atoms with Gasteiger partial charge in [0.1, 0.15) is 0 Å². The molecule has 2 aliphatic rings. The van der Waals surface area contributed by atoms with E-state index >= 15 is 0 Å². The lowest BCUT2D eigenvalue weighted by molar-refractivity contribution is 0.494. The molecule has 1 aliphatic carbocycles. The fourth-order valence-electron chi connectivity index (χ4n) is 3.00. The molecule has 0 bridgehead atoms. The summed E-state index contributed by atoms with van der Waals surface area (Å²) in [5, 5.41) is 8.47. The van der Waals surface area contributed by atoms with E-state index in [2.05, 4.69) is 15.1 Å². The number of hydrogen-bond donors (Lipinski definition) is 0. The van der Waals surface area contributed by atoms with Gasteiger partial charge in [-0.2, -0.15) is 0 Å². The van der Waals surface area contributed by atoms with Crippen molar-refractivity contribution in [3.63, 3.8) is 0 Å². The molecule has 1 aliphatic heterocycles. The summed E-state index contributed by atoms with van der Waals surface area (Å²) in [5.41, 5.74) is 0.941. The summed E-state index contributed by atoms with van der Waals surface area (Å²) in [5.74, 6) is 1.67. The van der Waals surface area contributed by atoms with Crippen LogP contribution in [0.15, 0.2) is 6.07 Å². The minimum Gasteiger partial charge on any atom is -0.368 e. The van der Waals surface area contributed by atoms with Crippen LogP contribution >= 0.6 is 23.2 Å². The Balaban J connectivity index is 1.85. The average Bonchev–Trinajstić information content (AvgIpc) is 2.81. The monoisotopic (exact) mass is 257 g/mol. The van der Waals surface area contributed by atoms with Crippen molar-refractivity contribution in [2.75, 3.05) is 18.0 Å². The second-order valence-corrected chi connectivity index (χ2v) is 5.44. The molecule has 5 heteroatoms. The molecule has 0 aromatic carbocycles. The average molecular weight is 258 g/mol. The number of rotatable bonds is 1. The van der Waals surface area contributed by atoms with Crippen LogP contribution in [0.5, 0.6) is 0 Å². The van der Waals surface area contributed by atoms with Gasteiger partial charge in [-0.1, -0.05) is 29.6 Å². The first-order valence-corrected chi connectivity index (χ1v) is 6.43. The number of hydrogen-bond acceptors (Lipinski definition) is 3. The fourth-order valence-corrected chi connectivity index (χ4v) is 3.35. The lowest BCUT2D eigenvalue weighted by atomic mass is 10.0. The quantitative estimate of drug-likeness (QED) is 0.775. The van der Waals surface area contributed by atoms with Gasteiger partial charge < -0.3 is 4.90 Å². The van der Waals surface area contributed by atoms with Gasteiger partial charge in [0, 0.05) is 19.2 Å². The van der Waals surface area contributed by atoms with Crippen molar-refractivity contribution < 1.29 is 0 Å². The Morgan fingerprint density at radius 3 is 2.50 bits per heavy atom. The maximum Gasteiger partial charge on any atom is 0.175 e. The summed E-state index contributed by atoms with van der Waals surface area (Å²) in [7, 11) is 0. The fraction of sp³-hybridized carbons (Fsp3) is 0.636. The van der Waals surface area contributed by atoms with Crippen molar-refractivity contribution in [2.24, 2.45) is 11.8 Å². The van der Waals surface area contributed by atoms with Gasteiger partial charge in [-0.05, 0) is 24.7 Å². The molecular weight excluding hydrogens is 245 g/mol. The highest BCUT2D eigenvalue weighted by Gasteiger charge is 2.36. The van der Waals surface area contributed by atoms with Crippen LogP contribution in [0.1, 0.15) is 19.3 Å². The minimum atomic E-state index is 0.413. The topological polar surface area (TPSA) is 29.0 Å². The van der Waals surface area contributed by atoms with E-state index < -0.39 is 0 Å². The third-order valence-electron chi connectivity index (χ3n) is 3.77. The van der Waals surface area contributed by atoms with Crippen molar-refractivity contribution in [3.8, 4) is 0 Å². The summed E-state index contributed by atoms with van der Waals surface area (Å²) in [4.78, 5) is 2.30. The van der Waals surface area contributed by atoms with Gasteiger partial charge in [0.05, 0.1) is 5.69 Å². The zero-order chi connectivity index (χ0) is 11.1. The number of aromatic nitrogens is 2. The molecule has 2 unspecified atom stereocenters. The Labute approximate surface area is 105 Å². The first-order chi connectivity index (χ1) is 7.74. The number of fused-ring (bicyclic) bond motifs is 1. The standard InChI is InChI=1S/C11H13Cl2N3/c12-10-4-9(11(13)15-14-10)16-5-7-2-1-3-8(7)6-16/h4,7-8H,1-3,5-6H2. The minimum absolute atomic E-state index is 0.413. The van der Waals surface area contributed by atoms with E-state index in [0.717, 1.165) is 30.6 Å². The Hall–Kier alpha value is -0.540. The lowest BCUT2D eigenvalue weighted by Crippen LogP contribution is -2.21. The normalized spacial score (nSPS) is 28.5. The van der Waals surface area contributed by atoms with E-state index in [-0.39, 0.29) is 0 Å². The third-order valence-corrected chi connectivity index (χ3v) is 4.22. The maximum atomic E-state index is 6.06. The second-order valence-electron chi connectivity index (χ2n) is 4.70. The van der Waals surface area contributed by atoms with Crippen molar-refractivity contribution >= 4 is 28.9 Å². The predicted octanol–water partition coefficient (Wildman–Crippen LogP) is 3.02. The highest BCUT2D eigenvalue weighted by molar-refractivity contribution is 6.33. The molecule has 0 N–H and O–H groups in total. The van der Waals surface area contributed by atoms with Gasteiger partial charge in [0.2, 0.25) is 0 Å². The molecular formula is C11H13Cl2N3. The van der Waals surface area contributed by atoms with Gasteiger partial charge in [-0.25, -0.2) is 0 Å². The smallest absolute Gasteiger partial charge is 0.175 e. The van der Waals surface area contributed by atoms with Gasteiger partial charge >= 0.3 is 0 Å². The summed E-state index contributed by atoms with van der Waals surface area (Å²) >= 11 is 11.9. The molecule has 1 saturated carbocycles. The Kier molecular flexibility index (Phi) is 2.68. The van der Waals surface area contributed by atoms with Crippen LogP contribution < -0.4 is 4.90 Å². The predicted molar refractivity (Wildman–Crippen MR) is 65.1 cm³/mol. The van der Waals surface area contributed by atoms with Crippen LogP contribution in [0.4, 0.5) is 5.69 Å². The molecule has 0 radical (unpaired) electrons. The van der Waals surface area contributed by atoms with Gasteiger partial charge in [-0.3, -0.25) is 0 Å². The van der Waals surface area contributed by atoms with E-state index in [4.69, 9.17) is 23.2 Å². The summed E-state index contributed by atoms with van der Waals surface area (Å²) < 4.78 is 0. The third kappa shape index (κ3) is 1.76. The SMILES string of the molecule is Clc1cc(N2CC3CCCC3C2)c(Cl)nn1. The number of halogens is 2. The molecule has 2 atom stereocenters. The molecule has 86 valence electrons. The zero-order valence-electron chi connectivity index (χ0n) is 8.87. The molecule has 0 spiro atoms. The first kappa shape index (κ1) is 10.6. The molecule has 3 nitrogen and oxygen atoms in total. The summed E-state index contributed by atoms with van der Waals surface area (Å²) in [6.45, 7) is 2.18. The molecule has 1 aromatic heterocycles. The van der Waals surface area contributed by atoms with Crippen LogP contribution in [-0.2, 0) is 0 Å². The molecule has 1 aromatic rings. The van der Waals surface area contributed by atoms with Crippen LogP contribution in [0, 0.1) is 11.8 Å². The number of anilines is 1. The largest absolute Gasteiger partial charge is 0.368 e. The van der Waals surface area contributed by atoms with E-state index in [1.165, 1.54) is 19.3 Å². The van der Waals surface area contributed by atoms with Crippen LogP contribution in [-0.4, -0.2) is 23.3 Å². The van der Waals surface area contributed by atoms with Crippen LogP contribution in [0.25, 0.3) is 0 Å². The highest BCUT2D eigenvalue weighted by atomic mass is 35.5. The summed E-state index contributed by atoms with van der Waals surface area (Å²) in [6, 6.07) is 1.82. The highest BCUT2D eigenvalue weighted by Crippen LogP contribution is 2.40. The molecule has 3 rings (SSSR count). The van der Waals surface area contributed by atoms with E-state index in [0.29, 0.717) is 10.3 Å². The van der Waals surface area contributed by atoms with Crippen molar-refractivity contribution in [2.45, 2.75) is 19.3 Å². The van der Waals surface area contributed by atoms with E-state index in [1.807, 2.05) is 6.07 Å². The first-order valence-electron chi connectivity index (χ1n) is 5.67. The van der Waals surface area contributed by atoms with Crippen molar-refractivity contribution in [3.05, 3.63) is 16.4 Å². The Morgan fingerprint density at radius 1 is 1.12 bits per heavy atom.